The van der Waals surface area contributed by atoms with Gasteiger partial charge in [0.2, 0.25) is 0 Å². The minimum Gasteiger partial charge on any atom is -0.481 e. The number of nitrogens with one attached hydrogen (secondary N) is 1. The van der Waals surface area contributed by atoms with Crippen LogP contribution in [0.4, 0.5) is 0 Å². The Morgan fingerprint density at radius 3 is 2.58 bits per heavy atom. The maximum atomic E-state index is 12.2. The van der Waals surface area contributed by atoms with Gasteiger partial charge in [-0.1, -0.05) is 0 Å². The molecule has 6 nitrogen and oxygen atoms in total. The fourth-order valence-electron chi connectivity index (χ4n) is 2.26. The lowest BCUT2D eigenvalue weighted by molar-refractivity contribution is -0.137. The molecule has 1 unspecified atom stereocenters. The van der Waals surface area contributed by atoms with Crippen molar-refractivity contribution in [2.75, 3.05) is 13.1 Å². The van der Waals surface area contributed by atoms with Gasteiger partial charge in [-0.3, -0.25) is 4.79 Å². The van der Waals surface area contributed by atoms with E-state index in [2.05, 4.69) is 4.72 Å². The van der Waals surface area contributed by atoms with Gasteiger partial charge in [-0.25, -0.2) is 0 Å². The van der Waals surface area contributed by atoms with Crippen LogP contribution in [0.25, 0.3) is 0 Å². The van der Waals surface area contributed by atoms with Crippen molar-refractivity contribution in [2.24, 2.45) is 5.92 Å². The molecule has 0 aromatic carbocycles. The molecule has 0 saturated carbocycles. The molecule has 1 saturated heterocycles. The van der Waals surface area contributed by atoms with Gasteiger partial charge in [0.15, 0.2) is 0 Å². The van der Waals surface area contributed by atoms with Gasteiger partial charge in [0.1, 0.15) is 0 Å². The van der Waals surface area contributed by atoms with Crippen LogP contribution in [-0.4, -0.2) is 42.4 Å². The number of carbonyl (C=O) groups is 1. The highest BCUT2D eigenvalue weighted by Crippen LogP contribution is 2.23. The number of piperidine rings is 1. The average Bonchev–Trinajstić information content (AvgIpc) is 2.23. The summed E-state index contributed by atoms with van der Waals surface area (Å²) in [4.78, 5) is 10.6. The number of carboxylic acid groups (broad SMARTS) is 1. The number of hydrogen-bond acceptors (Lipinski definition) is 3. The van der Waals surface area contributed by atoms with Gasteiger partial charge < -0.3 is 5.11 Å². The van der Waals surface area contributed by atoms with Gasteiger partial charge >= 0.3 is 5.97 Å². The van der Waals surface area contributed by atoms with Gasteiger partial charge in [-0.15, -0.1) is 0 Å². The summed E-state index contributed by atoms with van der Waals surface area (Å²) in [6.07, 6.45) is 2.33. The van der Waals surface area contributed by atoms with Gasteiger partial charge in [-0.2, -0.15) is 17.4 Å². The van der Waals surface area contributed by atoms with E-state index in [4.69, 9.17) is 5.11 Å². The monoisotopic (exact) mass is 292 g/mol. The van der Waals surface area contributed by atoms with E-state index in [9.17, 15) is 13.2 Å². The van der Waals surface area contributed by atoms with Crippen molar-refractivity contribution in [1.29, 1.82) is 0 Å². The van der Waals surface area contributed by atoms with Crippen LogP contribution < -0.4 is 4.72 Å². The van der Waals surface area contributed by atoms with Crippen molar-refractivity contribution in [2.45, 2.75) is 52.0 Å². The first kappa shape index (κ1) is 16.4. The summed E-state index contributed by atoms with van der Waals surface area (Å²) in [7, 11) is -3.48. The molecule has 0 spiro atoms. The van der Waals surface area contributed by atoms with Crippen LogP contribution in [0.15, 0.2) is 0 Å². The summed E-state index contributed by atoms with van der Waals surface area (Å²) in [6, 6.07) is 0. The van der Waals surface area contributed by atoms with Crippen LogP contribution in [0.2, 0.25) is 0 Å². The van der Waals surface area contributed by atoms with E-state index in [0.717, 1.165) is 12.8 Å². The van der Waals surface area contributed by atoms with Crippen LogP contribution in [0.5, 0.6) is 0 Å². The molecular formula is C12H24N2O4S. The number of aliphatic carboxylic acids is 1. The highest BCUT2D eigenvalue weighted by Gasteiger charge is 2.31. The normalized spacial score (nSPS) is 22.4. The van der Waals surface area contributed by atoms with Crippen LogP contribution in [-0.2, 0) is 15.0 Å². The number of rotatable bonds is 5. The first-order valence-corrected chi connectivity index (χ1v) is 8.05. The van der Waals surface area contributed by atoms with E-state index in [1.165, 1.54) is 4.31 Å². The zero-order valence-electron chi connectivity index (χ0n) is 11.8. The molecular weight excluding hydrogens is 268 g/mol. The summed E-state index contributed by atoms with van der Waals surface area (Å²) < 4.78 is 28.4. The molecule has 0 aromatic heterocycles. The minimum atomic E-state index is -3.48. The molecule has 1 aliphatic heterocycles. The first-order chi connectivity index (χ1) is 8.60. The molecule has 1 aliphatic rings. The second-order valence-electron chi connectivity index (χ2n) is 6.16. The molecule has 0 amide bonds. The first-order valence-electron chi connectivity index (χ1n) is 6.61. The van der Waals surface area contributed by atoms with Crippen molar-refractivity contribution < 1.29 is 18.3 Å². The van der Waals surface area contributed by atoms with Crippen molar-refractivity contribution >= 4 is 16.2 Å². The average molecular weight is 292 g/mol. The van der Waals surface area contributed by atoms with Crippen molar-refractivity contribution in [3.8, 4) is 0 Å². The highest BCUT2D eigenvalue weighted by molar-refractivity contribution is 7.87. The smallest absolute Gasteiger partial charge is 0.303 e. The Labute approximate surface area is 115 Å². The van der Waals surface area contributed by atoms with Crippen LogP contribution in [0, 0.1) is 5.92 Å². The van der Waals surface area contributed by atoms with Crippen molar-refractivity contribution in [3.05, 3.63) is 0 Å². The largest absolute Gasteiger partial charge is 0.481 e. The predicted molar refractivity (Wildman–Crippen MR) is 73.0 cm³/mol. The molecule has 112 valence electrons. The molecule has 7 heteroatoms. The molecule has 0 bridgehead atoms. The Hall–Kier alpha value is -0.660. The number of nitrogens with zero attached hydrogens (tertiary/aromatic N) is 1. The molecule has 1 heterocycles. The standard InChI is InChI=1S/C12H24N2O4S/c1-12(2,3)13-19(17,18)14-8-4-5-10(9-14)6-7-11(15)16/h10,13H,4-9H2,1-3H3,(H,15,16). The molecule has 1 atom stereocenters. The van der Waals surface area contributed by atoms with E-state index in [1.54, 1.807) is 20.8 Å². The zero-order chi connectivity index (χ0) is 14.7. The second-order valence-corrected chi connectivity index (χ2v) is 7.83. The minimum absolute atomic E-state index is 0.102. The van der Waals surface area contributed by atoms with Crippen molar-refractivity contribution in [3.63, 3.8) is 0 Å². The fourth-order valence-corrected chi connectivity index (χ4v) is 3.94. The summed E-state index contributed by atoms with van der Waals surface area (Å²) in [6.45, 7) is 6.33. The van der Waals surface area contributed by atoms with Gasteiger partial charge in [0.25, 0.3) is 10.2 Å². The molecule has 1 fully saturated rings. The van der Waals surface area contributed by atoms with Crippen molar-refractivity contribution in [1.82, 2.24) is 9.03 Å². The van der Waals surface area contributed by atoms with E-state index in [0.29, 0.717) is 19.5 Å². The topological polar surface area (TPSA) is 86.7 Å². The van der Waals surface area contributed by atoms with E-state index < -0.39 is 21.7 Å². The molecule has 0 aliphatic carbocycles. The Morgan fingerprint density at radius 1 is 1.42 bits per heavy atom. The summed E-state index contributed by atoms with van der Waals surface area (Å²) in [5.74, 6) is -0.686. The molecule has 19 heavy (non-hydrogen) atoms. The molecule has 0 radical (unpaired) electrons. The fraction of sp³-hybridized carbons (Fsp3) is 0.917. The van der Waals surface area contributed by atoms with E-state index >= 15 is 0 Å². The quantitative estimate of drug-likeness (QED) is 0.797. The Morgan fingerprint density at radius 2 is 2.05 bits per heavy atom. The van der Waals surface area contributed by atoms with E-state index in [1.807, 2.05) is 0 Å². The Kier molecular flexibility index (Phi) is 5.34. The van der Waals surface area contributed by atoms with Gasteiger partial charge in [0.05, 0.1) is 0 Å². The van der Waals surface area contributed by atoms with Crippen LogP contribution in [0.3, 0.4) is 0 Å². The zero-order valence-corrected chi connectivity index (χ0v) is 12.7. The highest BCUT2D eigenvalue weighted by atomic mass is 32.2. The van der Waals surface area contributed by atoms with Gasteiger partial charge in [0, 0.05) is 25.0 Å². The Bertz CT molecular complexity index is 414. The van der Waals surface area contributed by atoms with Gasteiger partial charge in [-0.05, 0) is 46.0 Å². The second kappa shape index (κ2) is 6.19. The molecule has 2 N–H and O–H groups in total. The Balaban J connectivity index is 2.61. The summed E-state index contributed by atoms with van der Waals surface area (Å²) in [5, 5.41) is 8.68. The third-order valence-electron chi connectivity index (χ3n) is 3.02. The third kappa shape index (κ3) is 5.88. The number of carboxylic acids is 1. The SMILES string of the molecule is CC(C)(C)NS(=O)(=O)N1CCCC(CCC(=O)O)C1. The maximum absolute atomic E-state index is 12.2. The lowest BCUT2D eigenvalue weighted by atomic mass is 9.95. The van der Waals surface area contributed by atoms with E-state index in [-0.39, 0.29) is 12.3 Å². The maximum Gasteiger partial charge on any atom is 0.303 e. The lowest BCUT2D eigenvalue weighted by Crippen LogP contribution is -2.51. The summed E-state index contributed by atoms with van der Waals surface area (Å²) in [5.41, 5.74) is -0.507. The van der Waals surface area contributed by atoms with Crippen LogP contribution in [0.1, 0.15) is 46.5 Å². The summed E-state index contributed by atoms with van der Waals surface area (Å²) >= 11 is 0. The lowest BCUT2D eigenvalue weighted by Gasteiger charge is -2.34. The predicted octanol–water partition coefficient (Wildman–Crippen LogP) is 1.20. The molecule has 0 aromatic rings. The number of hydrogen-bond donors (Lipinski definition) is 2. The van der Waals surface area contributed by atoms with Crippen LogP contribution >= 0.6 is 0 Å². The molecule has 1 rings (SSSR count). The third-order valence-corrected chi connectivity index (χ3v) is 4.91.